The third-order valence-electron chi connectivity index (χ3n) is 2.99. The average Bonchev–Trinajstić information content (AvgIpc) is 2.37. The second-order valence-corrected chi connectivity index (χ2v) is 4.52. The minimum absolute atomic E-state index is 0.241. The molecular weight excluding hydrogens is 273 g/mol. The predicted octanol–water partition coefficient (Wildman–Crippen LogP) is 3.68. The highest BCUT2D eigenvalue weighted by Gasteiger charge is 2.40. The number of ether oxygens (including phenoxy) is 2. The SMILES string of the molecule is CCOC(=O)c1ccc(C(C)(CC(F)(F)F)OC)cc1. The molecule has 0 aliphatic heterocycles. The molecule has 1 atom stereocenters. The standard InChI is InChI=1S/C14H17F3O3/c1-4-20-12(18)10-5-7-11(8-6-10)13(2,19-3)9-14(15,16)17/h5-8H,4,9H2,1-3H3. The highest BCUT2D eigenvalue weighted by atomic mass is 19.4. The molecule has 0 heterocycles. The lowest BCUT2D eigenvalue weighted by Gasteiger charge is -2.29. The number of methoxy groups -OCH3 is 1. The Labute approximate surface area is 115 Å². The largest absolute Gasteiger partial charge is 0.462 e. The number of rotatable bonds is 5. The van der Waals surface area contributed by atoms with Gasteiger partial charge in [0.15, 0.2) is 0 Å². The zero-order valence-corrected chi connectivity index (χ0v) is 11.6. The van der Waals surface area contributed by atoms with Crippen LogP contribution in [0.5, 0.6) is 0 Å². The van der Waals surface area contributed by atoms with Gasteiger partial charge in [0, 0.05) is 7.11 Å². The minimum atomic E-state index is -4.34. The maximum Gasteiger partial charge on any atom is 0.392 e. The first kappa shape index (κ1) is 16.5. The van der Waals surface area contributed by atoms with E-state index in [1.54, 1.807) is 6.92 Å². The third kappa shape index (κ3) is 4.23. The van der Waals surface area contributed by atoms with Gasteiger partial charge in [0.05, 0.1) is 24.2 Å². The van der Waals surface area contributed by atoms with Crippen molar-refractivity contribution in [3.63, 3.8) is 0 Å². The summed E-state index contributed by atoms with van der Waals surface area (Å²) in [6, 6.07) is 5.75. The highest BCUT2D eigenvalue weighted by molar-refractivity contribution is 5.89. The van der Waals surface area contributed by atoms with Gasteiger partial charge in [-0.15, -0.1) is 0 Å². The molecule has 6 heteroatoms. The number of carbonyl (C=O) groups is 1. The fraction of sp³-hybridized carbons (Fsp3) is 0.500. The van der Waals surface area contributed by atoms with Crippen LogP contribution in [0.25, 0.3) is 0 Å². The summed E-state index contributed by atoms with van der Waals surface area (Å²) in [5.74, 6) is -0.506. The van der Waals surface area contributed by atoms with Gasteiger partial charge < -0.3 is 9.47 Å². The van der Waals surface area contributed by atoms with Crippen molar-refractivity contribution in [2.45, 2.75) is 32.0 Å². The number of alkyl halides is 3. The molecule has 1 aromatic rings. The summed E-state index contributed by atoms with van der Waals surface area (Å²) in [7, 11) is 1.23. The first-order valence-corrected chi connectivity index (χ1v) is 6.11. The van der Waals surface area contributed by atoms with Crippen molar-refractivity contribution < 1.29 is 27.4 Å². The van der Waals surface area contributed by atoms with Crippen LogP contribution in [0.1, 0.15) is 36.2 Å². The molecule has 0 spiro atoms. The van der Waals surface area contributed by atoms with E-state index in [0.717, 1.165) is 0 Å². The Morgan fingerprint density at radius 3 is 2.15 bits per heavy atom. The topological polar surface area (TPSA) is 35.5 Å². The molecule has 1 aromatic carbocycles. The lowest BCUT2D eigenvalue weighted by molar-refractivity contribution is -0.181. The Kier molecular flexibility index (Phi) is 5.16. The van der Waals surface area contributed by atoms with Gasteiger partial charge in [0.25, 0.3) is 0 Å². The van der Waals surface area contributed by atoms with E-state index in [1.807, 2.05) is 0 Å². The van der Waals surface area contributed by atoms with Crippen LogP contribution in [0.3, 0.4) is 0 Å². The maximum atomic E-state index is 12.6. The normalized spacial score (nSPS) is 14.7. The van der Waals surface area contributed by atoms with Crippen LogP contribution in [0.2, 0.25) is 0 Å². The Bertz CT molecular complexity index is 454. The van der Waals surface area contributed by atoms with E-state index in [1.165, 1.54) is 38.3 Å². The first-order chi connectivity index (χ1) is 9.22. The molecule has 112 valence electrons. The van der Waals surface area contributed by atoms with Gasteiger partial charge in [-0.3, -0.25) is 0 Å². The summed E-state index contributed by atoms with van der Waals surface area (Å²) in [4.78, 5) is 11.5. The summed E-state index contributed by atoms with van der Waals surface area (Å²) in [6.45, 7) is 3.28. The summed E-state index contributed by atoms with van der Waals surface area (Å²) < 4.78 is 47.6. The number of esters is 1. The van der Waals surface area contributed by atoms with Crippen molar-refractivity contribution in [3.8, 4) is 0 Å². The summed E-state index contributed by atoms with van der Waals surface area (Å²) in [5, 5.41) is 0. The van der Waals surface area contributed by atoms with Crippen LogP contribution >= 0.6 is 0 Å². The summed E-state index contributed by atoms with van der Waals surface area (Å²) in [5.41, 5.74) is -0.836. The van der Waals surface area contributed by atoms with Crippen LogP contribution in [0.15, 0.2) is 24.3 Å². The molecule has 0 N–H and O–H groups in total. The zero-order valence-electron chi connectivity index (χ0n) is 11.6. The van der Waals surface area contributed by atoms with Gasteiger partial charge in [-0.25, -0.2) is 4.79 Å². The first-order valence-electron chi connectivity index (χ1n) is 6.11. The molecule has 0 aromatic heterocycles. The van der Waals surface area contributed by atoms with Crippen molar-refractivity contribution in [1.29, 1.82) is 0 Å². The number of benzene rings is 1. The van der Waals surface area contributed by atoms with E-state index in [9.17, 15) is 18.0 Å². The molecule has 3 nitrogen and oxygen atoms in total. The number of hydrogen-bond donors (Lipinski definition) is 0. The lowest BCUT2D eigenvalue weighted by atomic mass is 9.91. The molecule has 0 saturated carbocycles. The van der Waals surface area contributed by atoms with Gasteiger partial charge in [0.2, 0.25) is 0 Å². The molecule has 20 heavy (non-hydrogen) atoms. The van der Waals surface area contributed by atoms with E-state index < -0.39 is 24.2 Å². The van der Waals surface area contributed by atoms with Crippen molar-refractivity contribution in [2.24, 2.45) is 0 Å². The van der Waals surface area contributed by atoms with Crippen molar-refractivity contribution >= 4 is 5.97 Å². The summed E-state index contributed by atoms with van der Waals surface area (Å²) in [6.07, 6.45) is -5.44. The van der Waals surface area contributed by atoms with E-state index in [-0.39, 0.29) is 6.61 Å². The molecule has 0 bridgehead atoms. The van der Waals surface area contributed by atoms with Crippen LogP contribution < -0.4 is 0 Å². The monoisotopic (exact) mass is 290 g/mol. The Morgan fingerprint density at radius 2 is 1.75 bits per heavy atom. The predicted molar refractivity (Wildman–Crippen MR) is 67.4 cm³/mol. The fourth-order valence-corrected chi connectivity index (χ4v) is 1.85. The molecule has 0 aliphatic rings. The van der Waals surface area contributed by atoms with E-state index in [2.05, 4.69) is 0 Å². The van der Waals surface area contributed by atoms with Crippen LogP contribution in [0.4, 0.5) is 13.2 Å². The van der Waals surface area contributed by atoms with Gasteiger partial charge in [-0.1, -0.05) is 12.1 Å². The maximum absolute atomic E-state index is 12.6. The molecule has 1 unspecified atom stereocenters. The molecule has 0 radical (unpaired) electrons. The van der Waals surface area contributed by atoms with Crippen LogP contribution in [-0.2, 0) is 15.1 Å². The van der Waals surface area contributed by atoms with Gasteiger partial charge >= 0.3 is 12.1 Å². The van der Waals surface area contributed by atoms with Gasteiger partial charge in [0.1, 0.15) is 0 Å². The lowest BCUT2D eigenvalue weighted by Crippen LogP contribution is -2.31. The molecule has 0 fully saturated rings. The number of carbonyl (C=O) groups excluding carboxylic acids is 1. The van der Waals surface area contributed by atoms with E-state index in [4.69, 9.17) is 9.47 Å². The zero-order chi connectivity index (χ0) is 15.4. The number of halogens is 3. The summed E-state index contributed by atoms with van der Waals surface area (Å²) >= 11 is 0. The molecule has 0 saturated heterocycles. The molecular formula is C14H17F3O3. The van der Waals surface area contributed by atoms with Crippen molar-refractivity contribution in [1.82, 2.24) is 0 Å². The van der Waals surface area contributed by atoms with Crippen LogP contribution in [0, 0.1) is 0 Å². The average molecular weight is 290 g/mol. The van der Waals surface area contributed by atoms with Crippen molar-refractivity contribution in [3.05, 3.63) is 35.4 Å². The minimum Gasteiger partial charge on any atom is -0.462 e. The second-order valence-electron chi connectivity index (χ2n) is 4.52. The smallest absolute Gasteiger partial charge is 0.392 e. The molecule has 0 amide bonds. The van der Waals surface area contributed by atoms with E-state index >= 15 is 0 Å². The van der Waals surface area contributed by atoms with Gasteiger partial charge in [-0.2, -0.15) is 13.2 Å². The molecule has 1 rings (SSSR count). The van der Waals surface area contributed by atoms with E-state index in [0.29, 0.717) is 11.1 Å². The Balaban J connectivity index is 2.98. The quantitative estimate of drug-likeness (QED) is 0.776. The Morgan fingerprint density at radius 1 is 1.20 bits per heavy atom. The second kappa shape index (κ2) is 6.26. The van der Waals surface area contributed by atoms with Gasteiger partial charge in [-0.05, 0) is 31.5 Å². The fourth-order valence-electron chi connectivity index (χ4n) is 1.85. The Hall–Kier alpha value is -1.56. The van der Waals surface area contributed by atoms with Crippen molar-refractivity contribution in [2.75, 3.05) is 13.7 Å². The molecule has 0 aliphatic carbocycles. The highest BCUT2D eigenvalue weighted by Crippen LogP contribution is 2.37. The third-order valence-corrected chi connectivity index (χ3v) is 2.99. The number of hydrogen-bond acceptors (Lipinski definition) is 3. The van der Waals surface area contributed by atoms with Crippen LogP contribution in [-0.4, -0.2) is 25.9 Å².